The van der Waals surface area contributed by atoms with E-state index in [0.717, 1.165) is 13.2 Å². The van der Waals surface area contributed by atoms with E-state index in [9.17, 15) is 9.18 Å². The first-order valence-electron chi connectivity index (χ1n) is 4.06. The van der Waals surface area contributed by atoms with Gasteiger partial charge in [0.15, 0.2) is 0 Å². The van der Waals surface area contributed by atoms with Gasteiger partial charge in [-0.15, -0.1) is 0 Å². The lowest BCUT2D eigenvalue weighted by atomic mass is 10.0. The Morgan fingerprint density at radius 1 is 1.67 bits per heavy atom. The molecule has 1 aromatic carbocycles. The minimum atomic E-state index is -0.838. The number of benzene rings is 1. The van der Waals surface area contributed by atoms with E-state index in [1.165, 1.54) is 6.07 Å². The number of nitrogens with zero attached hydrogens (tertiary/aromatic N) is 1. The smallest absolute Gasteiger partial charge is 0.339 e. The Bertz CT molecular complexity index is 437. The van der Waals surface area contributed by atoms with Crippen LogP contribution in [-0.2, 0) is 11.3 Å². The molecule has 0 aliphatic heterocycles. The average molecular weight is 209 g/mol. The molecule has 0 fully saturated rings. The van der Waals surface area contributed by atoms with Crippen LogP contribution in [0.25, 0.3) is 0 Å². The van der Waals surface area contributed by atoms with Crippen molar-refractivity contribution in [3.05, 3.63) is 34.6 Å². The van der Waals surface area contributed by atoms with E-state index < -0.39 is 24.0 Å². The number of carbonyl (C=O) groups is 1. The third-order valence-corrected chi connectivity index (χ3v) is 1.91. The minimum Gasteiger partial charge on any atom is -0.465 e. The topological polar surface area (TPSA) is 70.3 Å². The summed E-state index contributed by atoms with van der Waals surface area (Å²) < 4.78 is 17.6. The Morgan fingerprint density at radius 3 is 2.80 bits per heavy atom. The normalized spacial score (nSPS) is 9.47. The van der Waals surface area contributed by atoms with Gasteiger partial charge in [-0.05, 0) is 11.6 Å². The molecule has 0 radical (unpaired) electrons. The summed E-state index contributed by atoms with van der Waals surface area (Å²) in [4.78, 5) is 11.3. The lowest BCUT2D eigenvalue weighted by Gasteiger charge is -2.07. The number of aliphatic hydroxyl groups is 1. The fourth-order valence-corrected chi connectivity index (χ4v) is 1.20. The quantitative estimate of drug-likeness (QED) is 0.737. The van der Waals surface area contributed by atoms with Crippen molar-refractivity contribution >= 4 is 5.97 Å². The number of rotatable bonds is 2. The second-order valence-electron chi connectivity index (χ2n) is 2.72. The molecular formula is C10H8FNO3. The van der Waals surface area contributed by atoms with Crippen molar-refractivity contribution in [2.24, 2.45) is 0 Å². The maximum absolute atomic E-state index is 13.2. The molecule has 1 N–H and O–H groups in total. The lowest BCUT2D eigenvalue weighted by molar-refractivity contribution is 0.0596. The Hall–Kier alpha value is -1.93. The summed E-state index contributed by atoms with van der Waals surface area (Å²) in [5.41, 5.74) is -0.462. The van der Waals surface area contributed by atoms with Crippen molar-refractivity contribution in [2.75, 3.05) is 7.11 Å². The van der Waals surface area contributed by atoms with Crippen LogP contribution in [0.2, 0.25) is 0 Å². The van der Waals surface area contributed by atoms with Crippen LogP contribution >= 0.6 is 0 Å². The van der Waals surface area contributed by atoms with E-state index in [0.29, 0.717) is 0 Å². The molecule has 0 atom stereocenters. The summed E-state index contributed by atoms with van der Waals surface area (Å²) in [6.45, 7) is -0.459. The Kier molecular flexibility index (Phi) is 3.37. The highest BCUT2D eigenvalue weighted by atomic mass is 19.1. The van der Waals surface area contributed by atoms with Gasteiger partial charge in [-0.3, -0.25) is 0 Å². The molecule has 0 aliphatic rings. The molecule has 0 saturated carbocycles. The first-order valence-corrected chi connectivity index (χ1v) is 4.06. The molecule has 4 nitrogen and oxygen atoms in total. The van der Waals surface area contributed by atoms with E-state index in [4.69, 9.17) is 10.4 Å². The van der Waals surface area contributed by atoms with E-state index in [1.54, 1.807) is 6.07 Å². The van der Waals surface area contributed by atoms with Gasteiger partial charge in [0, 0.05) is 0 Å². The zero-order valence-electron chi connectivity index (χ0n) is 7.95. The van der Waals surface area contributed by atoms with Gasteiger partial charge in [0.1, 0.15) is 17.4 Å². The third kappa shape index (κ3) is 1.95. The number of hydrogen-bond acceptors (Lipinski definition) is 4. The summed E-state index contributed by atoms with van der Waals surface area (Å²) in [6.07, 6.45) is 0. The maximum atomic E-state index is 13.2. The largest absolute Gasteiger partial charge is 0.465 e. The van der Waals surface area contributed by atoms with E-state index in [1.807, 2.05) is 0 Å². The van der Waals surface area contributed by atoms with E-state index >= 15 is 0 Å². The summed E-state index contributed by atoms with van der Waals surface area (Å²) in [7, 11) is 1.12. The number of ether oxygens (including phenoxy) is 1. The average Bonchev–Trinajstić information content (AvgIpc) is 2.27. The number of halogens is 1. The minimum absolute atomic E-state index is 0.166. The van der Waals surface area contributed by atoms with Crippen molar-refractivity contribution in [1.29, 1.82) is 5.26 Å². The molecule has 0 saturated heterocycles. The van der Waals surface area contributed by atoms with Gasteiger partial charge in [-0.25, -0.2) is 9.18 Å². The van der Waals surface area contributed by atoms with Gasteiger partial charge in [-0.2, -0.15) is 5.26 Å². The highest BCUT2D eigenvalue weighted by molar-refractivity contribution is 5.93. The molecule has 15 heavy (non-hydrogen) atoms. The van der Waals surface area contributed by atoms with E-state index in [2.05, 4.69) is 4.74 Å². The van der Waals surface area contributed by atoms with Crippen LogP contribution in [0, 0.1) is 17.1 Å². The predicted octanol–water partition coefficient (Wildman–Crippen LogP) is 0.976. The molecule has 0 unspecified atom stereocenters. The van der Waals surface area contributed by atoms with Crippen molar-refractivity contribution in [1.82, 2.24) is 0 Å². The molecule has 1 rings (SSSR count). The fraction of sp³-hybridized carbons (Fsp3) is 0.200. The summed E-state index contributed by atoms with van der Waals surface area (Å²) in [5, 5.41) is 17.6. The molecule has 5 heteroatoms. The van der Waals surface area contributed by atoms with Crippen molar-refractivity contribution < 1.29 is 19.0 Å². The highest BCUT2D eigenvalue weighted by Crippen LogP contribution is 2.18. The molecule has 0 bridgehead atoms. The highest BCUT2D eigenvalue weighted by Gasteiger charge is 2.19. The van der Waals surface area contributed by atoms with Crippen LogP contribution in [0.3, 0.4) is 0 Å². The Balaban J connectivity index is 3.49. The van der Waals surface area contributed by atoms with Crippen LogP contribution in [0.1, 0.15) is 21.5 Å². The first kappa shape index (κ1) is 11.1. The van der Waals surface area contributed by atoms with Gasteiger partial charge in [-0.1, -0.05) is 6.07 Å². The van der Waals surface area contributed by atoms with E-state index in [-0.39, 0.29) is 11.1 Å². The van der Waals surface area contributed by atoms with Crippen LogP contribution in [0.4, 0.5) is 4.39 Å². The number of carbonyl (C=O) groups excluding carboxylic acids is 1. The predicted molar refractivity (Wildman–Crippen MR) is 48.4 cm³/mol. The molecule has 0 aromatic heterocycles. The maximum Gasteiger partial charge on any atom is 0.339 e. The zero-order chi connectivity index (χ0) is 11.4. The second kappa shape index (κ2) is 4.53. The van der Waals surface area contributed by atoms with Crippen LogP contribution in [0.5, 0.6) is 0 Å². The summed E-state index contributed by atoms with van der Waals surface area (Å²) in [5.74, 6) is -1.65. The Morgan fingerprint density at radius 2 is 2.33 bits per heavy atom. The number of nitriles is 1. The molecule has 78 valence electrons. The SMILES string of the molecule is COC(=O)c1c(CO)ccc(F)c1C#N. The fourth-order valence-electron chi connectivity index (χ4n) is 1.20. The molecule has 1 aromatic rings. The molecular weight excluding hydrogens is 201 g/mol. The monoisotopic (exact) mass is 209 g/mol. The number of aliphatic hydroxyl groups excluding tert-OH is 1. The number of hydrogen-bond donors (Lipinski definition) is 1. The van der Waals surface area contributed by atoms with Crippen LogP contribution in [-0.4, -0.2) is 18.2 Å². The lowest BCUT2D eigenvalue weighted by Crippen LogP contribution is -2.10. The van der Waals surface area contributed by atoms with Gasteiger partial charge >= 0.3 is 5.97 Å². The zero-order valence-corrected chi connectivity index (χ0v) is 7.95. The molecule has 0 aliphatic carbocycles. The number of methoxy groups -OCH3 is 1. The van der Waals surface area contributed by atoms with Crippen molar-refractivity contribution in [3.63, 3.8) is 0 Å². The van der Waals surface area contributed by atoms with Crippen molar-refractivity contribution in [2.45, 2.75) is 6.61 Å². The first-order chi connectivity index (χ1) is 7.15. The van der Waals surface area contributed by atoms with Crippen LogP contribution in [0.15, 0.2) is 12.1 Å². The van der Waals surface area contributed by atoms with Crippen LogP contribution < -0.4 is 0 Å². The van der Waals surface area contributed by atoms with Gasteiger partial charge in [0.05, 0.1) is 19.3 Å². The number of esters is 1. The van der Waals surface area contributed by atoms with Crippen molar-refractivity contribution in [3.8, 4) is 6.07 Å². The second-order valence-corrected chi connectivity index (χ2v) is 2.72. The van der Waals surface area contributed by atoms with Gasteiger partial charge in [0.2, 0.25) is 0 Å². The molecule has 0 amide bonds. The molecule has 0 spiro atoms. The standard InChI is InChI=1S/C10H8FNO3/c1-15-10(14)9-6(5-13)2-3-8(11)7(9)4-12/h2-3,13H,5H2,1H3. The Labute approximate surface area is 85.5 Å². The summed E-state index contributed by atoms with van der Waals surface area (Å²) >= 11 is 0. The summed E-state index contributed by atoms with van der Waals surface area (Å²) in [6, 6.07) is 3.83. The molecule has 0 heterocycles. The van der Waals surface area contributed by atoms with Gasteiger partial charge < -0.3 is 9.84 Å². The third-order valence-electron chi connectivity index (χ3n) is 1.91. The van der Waals surface area contributed by atoms with Gasteiger partial charge in [0.25, 0.3) is 0 Å².